The minimum absolute atomic E-state index is 0.361. The molecular weight excluding hydrogens is 197 g/mol. The molecule has 0 atom stereocenters. The highest BCUT2D eigenvalue weighted by molar-refractivity contribution is 6.32. The van der Waals surface area contributed by atoms with E-state index in [1.807, 2.05) is 0 Å². The van der Waals surface area contributed by atoms with E-state index in [0.29, 0.717) is 22.2 Å². The van der Waals surface area contributed by atoms with Gasteiger partial charge in [0.2, 0.25) is 0 Å². The van der Waals surface area contributed by atoms with Crippen molar-refractivity contribution in [2.45, 2.75) is 18.9 Å². The van der Waals surface area contributed by atoms with Crippen LogP contribution in [-0.2, 0) is 0 Å². The van der Waals surface area contributed by atoms with Crippen molar-refractivity contribution in [1.82, 2.24) is 4.98 Å². The van der Waals surface area contributed by atoms with Crippen LogP contribution in [0.5, 0.6) is 5.75 Å². The lowest BCUT2D eigenvalue weighted by atomic mass is 10.4. The molecule has 1 aliphatic carbocycles. The molecule has 1 aromatic rings. The standard InChI is InChI=1S/C8H7Cl2NO/c9-7-3-6(4-8(10)11-7)12-5-1-2-5/h3-5H,1-2H2. The maximum Gasteiger partial charge on any atom is 0.134 e. The molecule has 0 unspecified atom stereocenters. The fourth-order valence-electron chi connectivity index (χ4n) is 0.889. The van der Waals surface area contributed by atoms with E-state index in [-0.39, 0.29) is 0 Å². The number of hydrogen-bond donors (Lipinski definition) is 0. The van der Waals surface area contributed by atoms with Gasteiger partial charge in [0.25, 0.3) is 0 Å². The van der Waals surface area contributed by atoms with Gasteiger partial charge in [-0.3, -0.25) is 0 Å². The molecule has 1 aliphatic rings. The van der Waals surface area contributed by atoms with Crippen molar-refractivity contribution in [3.63, 3.8) is 0 Å². The van der Waals surface area contributed by atoms with Crippen LogP contribution in [0.4, 0.5) is 0 Å². The molecule has 0 aliphatic heterocycles. The van der Waals surface area contributed by atoms with Crippen LogP contribution in [-0.4, -0.2) is 11.1 Å². The van der Waals surface area contributed by atoms with Gasteiger partial charge in [0.15, 0.2) is 0 Å². The zero-order chi connectivity index (χ0) is 8.55. The Labute approximate surface area is 80.5 Å². The monoisotopic (exact) mass is 203 g/mol. The van der Waals surface area contributed by atoms with Crippen molar-refractivity contribution in [3.05, 3.63) is 22.4 Å². The van der Waals surface area contributed by atoms with Crippen LogP contribution in [0.25, 0.3) is 0 Å². The molecule has 0 amide bonds. The number of halogens is 2. The minimum atomic E-state index is 0.361. The number of ether oxygens (including phenoxy) is 1. The topological polar surface area (TPSA) is 22.1 Å². The van der Waals surface area contributed by atoms with Gasteiger partial charge in [0, 0.05) is 12.1 Å². The predicted molar refractivity (Wildman–Crippen MR) is 47.9 cm³/mol. The first kappa shape index (κ1) is 8.14. The van der Waals surface area contributed by atoms with Crippen LogP contribution in [0.15, 0.2) is 12.1 Å². The molecule has 1 saturated carbocycles. The molecule has 0 aromatic carbocycles. The fraction of sp³-hybridized carbons (Fsp3) is 0.375. The van der Waals surface area contributed by atoms with Gasteiger partial charge in [-0.05, 0) is 12.8 Å². The fourth-order valence-corrected chi connectivity index (χ4v) is 1.33. The maximum absolute atomic E-state index is 5.68. The van der Waals surface area contributed by atoms with Gasteiger partial charge >= 0.3 is 0 Å². The molecule has 0 spiro atoms. The van der Waals surface area contributed by atoms with Crippen LogP contribution in [0.3, 0.4) is 0 Å². The molecule has 0 saturated heterocycles. The van der Waals surface area contributed by atoms with Crippen LogP contribution in [0.2, 0.25) is 10.3 Å². The summed E-state index contributed by atoms with van der Waals surface area (Å²) in [5, 5.41) is 0.747. The lowest BCUT2D eigenvalue weighted by Crippen LogP contribution is -1.95. The third-order valence-electron chi connectivity index (χ3n) is 1.56. The molecule has 2 rings (SSSR count). The van der Waals surface area contributed by atoms with E-state index in [2.05, 4.69) is 4.98 Å². The molecule has 4 heteroatoms. The summed E-state index contributed by atoms with van der Waals surface area (Å²) in [6.45, 7) is 0. The average Bonchev–Trinajstić information content (AvgIpc) is 2.68. The molecule has 1 aromatic heterocycles. The van der Waals surface area contributed by atoms with Crippen molar-refractivity contribution >= 4 is 23.2 Å². The van der Waals surface area contributed by atoms with Gasteiger partial charge in [-0.1, -0.05) is 23.2 Å². The first-order valence-corrected chi connectivity index (χ1v) is 4.49. The van der Waals surface area contributed by atoms with E-state index in [1.54, 1.807) is 12.1 Å². The largest absolute Gasteiger partial charge is 0.490 e. The summed E-state index contributed by atoms with van der Waals surface area (Å²) in [4.78, 5) is 3.81. The first-order valence-electron chi connectivity index (χ1n) is 3.74. The summed E-state index contributed by atoms with van der Waals surface area (Å²) in [5.74, 6) is 0.711. The SMILES string of the molecule is Clc1cc(OC2CC2)cc(Cl)n1. The van der Waals surface area contributed by atoms with Gasteiger partial charge in [0.1, 0.15) is 16.1 Å². The van der Waals surface area contributed by atoms with Gasteiger partial charge < -0.3 is 4.74 Å². The number of nitrogens with zero attached hydrogens (tertiary/aromatic N) is 1. The summed E-state index contributed by atoms with van der Waals surface area (Å²) in [6, 6.07) is 3.34. The smallest absolute Gasteiger partial charge is 0.134 e. The van der Waals surface area contributed by atoms with E-state index >= 15 is 0 Å². The zero-order valence-corrected chi connectivity index (χ0v) is 7.77. The Balaban J connectivity index is 2.18. The Kier molecular flexibility index (Phi) is 2.11. The molecule has 64 valence electrons. The summed E-state index contributed by atoms with van der Waals surface area (Å²) in [5.41, 5.74) is 0. The Hall–Kier alpha value is -0.470. The first-order chi connectivity index (χ1) is 5.74. The number of hydrogen-bond acceptors (Lipinski definition) is 2. The van der Waals surface area contributed by atoms with Crippen LogP contribution in [0, 0.1) is 0 Å². The second-order valence-corrected chi connectivity index (χ2v) is 3.54. The van der Waals surface area contributed by atoms with Gasteiger partial charge in [-0.25, -0.2) is 4.98 Å². The van der Waals surface area contributed by atoms with Crippen molar-refractivity contribution < 1.29 is 4.74 Å². The number of rotatable bonds is 2. The van der Waals surface area contributed by atoms with Crippen molar-refractivity contribution in [1.29, 1.82) is 0 Å². The Bertz CT molecular complexity index is 279. The molecule has 0 N–H and O–H groups in total. The molecule has 2 nitrogen and oxygen atoms in total. The molecule has 1 fully saturated rings. The highest BCUT2D eigenvalue weighted by Crippen LogP contribution is 2.29. The van der Waals surface area contributed by atoms with Crippen molar-refractivity contribution in [2.75, 3.05) is 0 Å². The normalized spacial score (nSPS) is 16.2. The molecule has 0 radical (unpaired) electrons. The third-order valence-corrected chi connectivity index (χ3v) is 1.95. The summed E-state index contributed by atoms with van der Waals surface area (Å²) in [7, 11) is 0. The van der Waals surface area contributed by atoms with Crippen LogP contribution in [0.1, 0.15) is 12.8 Å². The Morgan fingerprint density at radius 1 is 1.25 bits per heavy atom. The van der Waals surface area contributed by atoms with E-state index in [9.17, 15) is 0 Å². The number of aromatic nitrogens is 1. The molecular formula is C8H7Cl2NO. The highest BCUT2D eigenvalue weighted by Gasteiger charge is 2.23. The molecule has 0 bridgehead atoms. The molecule has 12 heavy (non-hydrogen) atoms. The van der Waals surface area contributed by atoms with E-state index in [0.717, 1.165) is 12.8 Å². The highest BCUT2D eigenvalue weighted by atomic mass is 35.5. The third kappa shape index (κ3) is 2.02. The molecule has 1 heterocycles. The lowest BCUT2D eigenvalue weighted by Gasteiger charge is -2.03. The summed E-state index contributed by atoms with van der Waals surface area (Å²) < 4.78 is 5.48. The summed E-state index contributed by atoms with van der Waals surface area (Å²) >= 11 is 11.4. The summed E-state index contributed by atoms with van der Waals surface area (Å²) in [6.07, 6.45) is 2.61. The predicted octanol–water partition coefficient (Wildman–Crippen LogP) is 2.93. The minimum Gasteiger partial charge on any atom is -0.490 e. The van der Waals surface area contributed by atoms with Crippen LogP contribution < -0.4 is 4.74 Å². The van der Waals surface area contributed by atoms with Gasteiger partial charge in [-0.2, -0.15) is 0 Å². The maximum atomic E-state index is 5.68. The van der Waals surface area contributed by atoms with E-state index in [4.69, 9.17) is 27.9 Å². The second-order valence-electron chi connectivity index (χ2n) is 2.77. The van der Waals surface area contributed by atoms with Gasteiger partial charge in [0.05, 0.1) is 6.10 Å². The van der Waals surface area contributed by atoms with Crippen LogP contribution >= 0.6 is 23.2 Å². The quantitative estimate of drug-likeness (QED) is 0.691. The van der Waals surface area contributed by atoms with Crippen molar-refractivity contribution in [3.8, 4) is 5.75 Å². The Morgan fingerprint density at radius 3 is 2.33 bits per heavy atom. The number of pyridine rings is 1. The van der Waals surface area contributed by atoms with E-state index < -0.39 is 0 Å². The van der Waals surface area contributed by atoms with Gasteiger partial charge in [-0.15, -0.1) is 0 Å². The Morgan fingerprint density at radius 2 is 1.83 bits per heavy atom. The van der Waals surface area contributed by atoms with Crippen molar-refractivity contribution in [2.24, 2.45) is 0 Å². The lowest BCUT2D eigenvalue weighted by molar-refractivity contribution is 0.303. The average molecular weight is 204 g/mol. The second kappa shape index (κ2) is 3.11. The van der Waals surface area contributed by atoms with E-state index in [1.165, 1.54) is 0 Å². The zero-order valence-electron chi connectivity index (χ0n) is 6.26.